The van der Waals surface area contributed by atoms with Gasteiger partial charge in [-0.2, -0.15) is 0 Å². The predicted octanol–water partition coefficient (Wildman–Crippen LogP) is 5.67. The van der Waals surface area contributed by atoms with Crippen LogP contribution in [0.25, 0.3) is 5.57 Å². The summed E-state index contributed by atoms with van der Waals surface area (Å²) in [7, 11) is 4.03. The van der Waals surface area contributed by atoms with Crippen molar-refractivity contribution < 1.29 is 9.53 Å². The Labute approximate surface area is 170 Å². The highest BCUT2D eigenvalue weighted by Gasteiger charge is 2.23. The smallest absolute Gasteiger partial charge is 0.170 e. The second-order valence-electron chi connectivity index (χ2n) is 8.13. The van der Waals surface area contributed by atoms with E-state index in [0.29, 0.717) is 12.5 Å². The molecular formula is C25H33NO2. The van der Waals surface area contributed by atoms with Gasteiger partial charge in [-0.15, -0.1) is 0 Å². The Balaban J connectivity index is 2.21. The average molecular weight is 380 g/mol. The first-order valence-corrected chi connectivity index (χ1v) is 9.95. The van der Waals surface area contributed by atoms with Gasteiger partial charge in [0.2, 0.25) is 0 Å². The summed E-state index contributed by atoms with van der Waals surface area (Å²) < 4.78 is 5.74. The highest BCUT2D eigenvalue weighted by molar-refractivity contribution is 6.01. The molecule has 0 bridgehead atoms. The molecule has 2 aromatic rings. The number of carbonyl (C=O) groups excluding carboxylic acids is 1. The molecule has 0 spiro atoms. The van der Waals surface area contributed by atoms with E-state index in [0.717, 1.165) is 41.0 Å². The van der Waals surface area contributed by atoms with Gasteiger partial charge < -0.3 is 9.64 Å². The van der Waals surface area contributed by atoms with Gasteiger partial charge in [-0.25, -0.2) is 0 Å². The molecule has 3 nitrogen and oxygen atoms in total. The molecule has 0 aromatic heterocycles. The number of rotatable bonds is 10. The Kier molecular flexibility index (Phi) is 8.01. The van der Waals surface area contributed by atoms with Crippen LogP contribution in [0.4, 0.5) is 0 Å². The normalized spacial score (nSPS) is 12.2. The number of hydrogen-bond donors (Lipinski definition) is 0. The van der Waals surface area contributed by atoms with E-state index in [-0.39, 0.29) is 11.7 Å². The summed E-state index contributed by atoms with van der Waals surface area (Å²) in [5.74, 6) is 1.23. The Hall–Kier alpha value is -2.39. The zero-order valence-electron chi connectivity index (χ0n) is 17.9. The van der Waals surface area contributed by atoms with Gasteiger partial charge in [-0.05, 0) is 68.8 Å². The fourth-order valence-electron chi connectivity index (χ4n) is 3.15. The minimum atomic E-state index is -0.153. The Morgan fingerprint density at radius 1 is 1.07 bits per heavy atom. The van der Waals surface area contributed by atoms with Crippen LogP contribution in [0.3, 0.4) is 0 Å². The molecule has 2 aromatic carbocycles. The quantitative estimate of drug-likeness (QED) is 0.498. The molecule has 0 amide bonds. The lowest BCUT2D eigenvalue weighted by Crippen LogP contribution is -2.19. The first-order valence-electron chi connectivity index (χ1n) is 9.95. The average Bonchev–Trinajstić information content (AvgIpc) is 2.66. The van der Waals surface area contributed by atoms with E-state index in [1.54, 1.807) is 0 Å². The summed E-state index contributed by atoms with van der Waals surface area (Å²) in [5, 5.41) is 0. The van der Waals surface area contributed by atoms with Crippen LogP contribution in [0, 0.1) is 5.92 Å². The summed E-state index contributed by atoms with van der Waals surface area (Å²) in [4.78, 5) is 15.4. The SMILES string of the molecule is C=C(C)c1cccc(C(CC(C)C)C(=O)c2ccc(OCCN(C)C)cc2)c1. The molecule has 0 saturated heterocycles. The van der Waals surface area contributed by atoms with Crippen molar-refractivity contribution in [1.29, 1.82) is 0 Å². The number of ether oxygens (including phenoxy) is 1. The summed E-state index contributed by atoms with van der Waals surface area (Å²) >= 11 is 0. The van der Waals surface area contributed by atoms with Gasteiger partial charge in [0.1, 0.15) is 12.4 Å². The van der Waals surface area contributed by atoms with E-state index in [1.807, 2.05) is 57.4 Å². The number of carbonyl (C=O) groups is 1. The van der Waals surface area contributed by atoms with Crippen molar-refractivity contribution in [2.24, 2.45) is 5.92 Å². The molecule has 2 rings (SSSR count). The van der Waals surface area contributed by atoms with Gasteiger partial charge in [-0.3, -0.25) is 4.79 Å². The van der Waals surface area contributed by atoms with Gasteiger partial charge in [0.25, 0.3) is 0 Å². The Morgan fingerprint density at radius 2 is 1.75 bits per heavy atom. The summed E-state index contributed by atoms with van der Waals surface area (Å²) in [6, 6.07) is 15.7. The minimum Gasteiger partial charge on any atom is -0.492 e. The van der Waals surface area contributed by atoms with Crippen molar-refractivity contribution in [2.75, 3.05) is 27.2 Å². The van der Waals surface area contributed by atoms with Crippen LogP contribution in [0.5, 0.6) is 5.75 Å². The zero-order valence-corrected chi connectivity index (χ0v) is 17.9. The lowest BCUT2D eigenvalue weighted by Gasteiger charge is -2.20. The van der Waals surface area contributed by atoms with Gasteiger partial charge in [-0.1, -0.05) is 50.3 Å². The minimum absolute atomic E-state index is 0.153. The predicted molar refractivity (Wildman–Crippen MR) is 118 cm³/mol. The van der Waals surface area contributed by atoms with Crippen LogP contribution >= 0.6 is 0 Å². The van der Waals surface area contributed by atoms with Gasteiger partial charge in [0, 0.05) is 18.0 Å². The molecule has 0 radical (unpaired) electrons. The van der Waals surface area contributed by atoms with E-state index >= 15 is 0 Å². The van der Waals surface area contributed by atoms with Crippen molar-refractivity contribution in [2.45, 2.75) is 33.1 Å². The summed E-state index contributed by atoms with van der Waals surface area (Å²) in [5.41, 5.74) is 3.89. The maximum absolute atomic E-state index is 13.3. The van der Waals surface area contributed by atoms with Crippen LogP contribution in [-0.2, 0) is 0 Å². The number of hydrogen-bond acceptors (Lipinski definition) is 3. The first kappa shape index (κ1) is 21.9. The molecule has 1 unspecified atom stereocenters. The molecule has 0 fully saturated rings. The largest absolute Gasteiger partial charge is 0.492 e. The Morgan fingerprint density at radius 3 is 2.32 bits per heavy atom. The van der Waals surface area contributed by atoms with Crippen molar-refractivity contribution in [3.05, 3.63) is 71.8 Å². The molecule has 0 aliphatic rings. The van der Waals surface area contributed by atoms with Crippen LogP contribution in [0.15, 0.2) is 55.1 Å². The van der Waals surface area contributed by atoms with E-state index in [4.69, 9.17) is 4.74 Å². The second kappa shape index (κ2) is 10.2. The van der Waals surface area contributed by atoms with Gasteiger partial charge in [0.15, 0.2) is 5.78 Å². The molecule has 150 valence electrons. The van der Waals surface area contributed by atoms with Crippen LogP contribution in [0.2, 0.25) is 0 Å². The van der Waals surface area contributed by atoms with Crippen molar-refractivity contribution in [1.82, 2.24) is 4.90 Å². The highest BCUT2D eigenvalue weighted by Crippen LogP contribution is 2.30. The van der Waals surface area contributed by atoms with Crippen LogP contribution < -0.4 is 4.74 Å². The third kappa shape index (κ3) is 6.35. The molecule has 1 atom stereocenters. The number of nitrogens with zero attached hydrogens (tertiary/aromatic N) is 1. The number of ketones is 1. The molecule has 0 aliphatic heterocycles. The molecule has 0 aliphatic carbocycles. The lowest BCUT2D eigenvalue weighted by molar-refractivity contribution is 0.0948. The summed E-state index contributed by atoms with van der Waals surface area (Å²) in [6.45, 7) is 11.8. The molecular weight excluding hydrogens is 346 g/mol. The van der Waals surface area contributed by atoms with Crippen molar-refractivity contribution in [3.8, 4) is 5.75 Å². The van der Waals surface area contributed by atoms with E-state index in [9.17, 15) is 4.79 Å². The topological polar surface area (TPSA) is 29.5 Å². The molecule has 0 N–H and O–H groups in total. The third-order valence-electron chi connectivity index (χ3n) is 4.75. The summed E-state index contributed by atoms with van der Waals surface area (Å²) in [6.07, 6.45) is 0.819. The van der Waals surface area contributed by atoms with E-state index in [1.165, 1.54) is 0 Å². The monoisotopic (exact) mass is 379 g/mol. The number of likely N-dealkylation sites (N-methyl/N-ethyl adjacent to an activating group) is 1. The molecule has 3 heteroatoms. The first-order chi connectivity index (χ1) is 13.3. The maximum Gasteiger partial charge on any atom is 0.170 e. The molecule has 0 heterocycles. The number of Topliss-reactive ketones (excluding diaryl/α,β-unsaturated/α-hetero) is 1. The molecule has 28 heavy (non-hydrogen) atoms. The fourth-order valence-corrected chi connectivity index (χ4v) is 3.15. The maximum atomic E-state index is 13.3. The van der Waals surface area contributed by atoms with Gasteiger partial charge >= 0.3 is 0 Å². The van der Waals surface area contributed by atoms with Crippen LogP contribution in [0.1, 0.15) is 54.6 Å². The third-order valence-corrected chi connectivity index (χ3v) is 4.75. The Bertz CT molecular complexity index is 790. The zero-order chi connectivity index (χ0) is 20.7. The molecule has 0 saturated carbocycles. The fraction of sp³-hybridized carbons (Fsp3) is 0.400. The highest BCUT2D eigenvalue weighted by atomic mass is 16.5. The van der Waals surface area contributed by atoms with Crippen molar-refractivity contribution >= 4 is 11.4 Å². The number of allylic oxidation sites excluding steroid dienone is 1. The number of benzene rings is 2. The second-order valence-corrected chi connectivity index (χ2v) is 8.13. The van der Waals surface area contributed by atoms with E-state index < -0.39 is 0 Å². The lowest BCUT2D eigenvalue weighted by atomic mass is 9.83. The van der Waals surface area contributed by atoms with Gasteiger partial charge in [0.05, 0.1) is 0 Å². The van der Waals surface area contributed by atoms with Crippen LogP contribution in [-0.4, -0.2) is 37.9 Å². The van der Waals surface area contributed by atoms with E-state index in [2.05, 4.69) is 37.5 Å². The van der Waals surface area contributed by atoms with Crippen molar-refractivity contribution in [3.63, 3.8) is 0 Å². The standard InChI is InChI=1S/C25H33NO2/c1-18(2)16-24(22-9-7-8-21(17-22)19(3)4)25(27)20-10-12-23(13-11-20)28-15-14-26(5)6/h7-13,17-18,24H,3,14-16H2,1-2,4-6H3.